The lowest BCUT2D eigenvalue weighted by Crippen LogP contribution is -2.39. The predicted octanol–water partition coefficient (Wildman–Crippen LogP) is 3.41. The predicted molar refractivity (Wildman–Crippen MR) is 106 cm³/mol. The Labute approximate surface area is 166 Å². The summed E-state index contributed by atoms with van der Waals surface area (Å²) in [6.45, 7) is 0. The Morgan fingerprint density at radius 2 is 2.11 bits per heavy atom. The van der Waals surface area contributed by atoms with Crippen molar-refractivity contribution in [1.29, 1.82) is 0 Å². The second-order valence-corrected chi connectivity index (χ2v) is 7.82. The third kappa shape index (κ3) is 3.13. The SMILES string of the molecule is O=C1CCCC2=Nc3nc(SCc4ccccn4)nn3C(c3cccnc3)C12. The van der Waals surface area contributed by atoms with E-state index in [1.807, 2.05) is 36.5 Å². The Morgan fingerprint density at radius 3 is 2.93 bits per heavy atom. The summed E-state index contributed by atoms with van der Waals surface area (Å²) in [4.78, 5) is 30.7. The summed E-state index contributed by atoms with van der Waals surface area (Å²) in [6.07, 6.45) is 7.59. The highest BCUT2D eigenvalue weighted by Crippen LogP contribution is 2.40. The molecule has 140 valence electrons. The Morgan fingerprint density at radius 1 is 1.14 bits per heavy atom. The largest absolute Gasteiger partial charge is 0.299 e. The Kier molecular flexibility index (Phi) is 4.48. The maximum atomic E-state index is 12.8. The molecule has 2 aliphatic rings. The highest BCUT2D eigenvalue weighted by molar-refractivity contribution is 7.98. The number of Topliss-reactive ketones (excluding diaryl/α,β-unsaturated/α-hetero) is 1. The molecule has 28 heavy (non-hydrogen) atoms. The van der Waals surface area contributed by atoms with Crippen LogP contribution in [0.1, 0.15) is 36.6 Å². The zero-order chi connectivity index (χ0) is 18.9. The van der Waals surface area contributed by atoms with Gasteiger partial charge in [0.05, 0.1) is 17.7 Å². The van der Waals surface area contributed by atoms with E-state index in [0.717, 1.165) is 29.8 Å². The zero-order valence-electron chi connectivity index (χ0n) is 15.1. The van der Waals surface area contributed by atoms with Crippen molar-refractivity contribution in [3.8, 4) is 0 Å². The molecule has 3 aromatic heterocycles. The lowest BCUT2D eigenvalue weighted by molar-refractivity contribution is -0.122. The minimum Gasteiger partial charge on any atom is -0.299 e. The number of fused-ring (bicyclic) bond motifs is 2. The van der Waals surface area contributed by atoms with Crippen LogP contribution in [0.5, 0.6) is 0 Å². The molecular formula is C20H18N6OS. The molecule has 0 amide bonds. The molecule has 8 heteroatoms. The topological polar surface area (TPSA) is 85.9 Å². The van der Waals surface area contributed by atoms with Gasteiger partial charge in [0.1, 0.15) is 5.78 Å². The van der Waals surface area contributed by atoms with Gasteiger partial charge in [-0.05, 0) is 36.6 Å². The van der Waals surface area contributed by atoms with Gasteiger partial charge in [0.25, 0.3) is 0 Å². The van der Waals surface area contributed by atoms with Gasteiger partial charge in [-0.25, -0.2) is 9.67 Å². The van der Waals surface area contributed by atoms with Crippen LogP contribution in [-0.2, 0) is 10.5 Å². The number of nitrogens with zero attached hydrogens (tertiary/aromatic N) is 6. The Bertz CT molecular complexity index is 1030. The van der Waals surface area contributed by atoms with E-state index >= 15 is 0 Å². The van der Waals surface area contributed by atoms with Crippen molar-refractivity contribution in [1.82, 2.24) is 24.7 Å². The van der Waals surface area contributed by atoms with Gasteiger partial charge in [-0.1, -0.05) is 23.9 Å². The Balaban J connectivity index is 1.52. The molecule has 7 nitrogen and oxygen atoms in total. The third-order valence-corrected chi connectivity index (χ3v) is 5.95. The average Bonchev–Trinajstić information content (AvgIpc) is 3.15. The maximum Gasteiger partial charge on any atom is 0.249 e. The number of carbonyl (C=O) groups excluding carboxylic acids is 1. The van der Waals surface area contributed by atoms with Crippen molar-refractivity contribution >= 4 is 29.2 Å². The molecule has 1 fully saturated rings. The second-order valence-electron chi connectivity index (χ2n) is 6.88. The van der Waals surface area contributed by atoms with E-state index in [1.54, 1.807) is 17.1 Å². The van der Waals surface area contributed by atoms with Gasteiger partial charge in [-0.2, -0.15) is 4.98 Å². The molecule has 0 N–H and O–H groups in total. The van der Waals surface area contributed by atoms with Crippen molar-refractivity contribution < 1.29 is 4.79 Å². The standard InChI is InChI=1S/C20H18N6OS/c27-16-8-3-7-15-17(16)18(13-5-4-9-21-11-13)26-19(23-15)24-20(25-26)28-12-14-6-1-2-10-22-14/h1-2,4-6,9-11,17-18H,3,7-8,12H2. The lowest BCUT2D eigenvalue weighted by Gasteiger charge is -2.33. The van der Waals surface area contributed by atoms with E-state index in [0.29, 0.717) is 23.3 Å². The van der Waals surface area contributed by atoms with Crippen molar-refractivity contribution in [2.45, 2.75) is 36.2 Å². The summed E-state index contributed by atoms with van der Waals surface area (Å²) in [5.41, 5.74) is 2.85. The van der Waals surface area contributed by atoms with E-state index in [9.17, 15) is 4.79 Å². The van der Waals surface area contributed by atoms with Gasteiger partial charge in [0, 0.05) is 36.5 Å². The summed E-state index contributed by atoms with van der Waals surface area (Å²) in [5.74, 6) is 1.20. The number of hydrogen-bond acceptors (Lipinski definition) is 7. The molecule has 1 aliphatic heterocycles. The zero-order valence-corrected chi connectivity index (χ0v) is 15.9. The normalized spacial score (nSPS) is 21.0. The minimum atomic E-state index is -0.277. The van der Waals surface area contributed by atoms with Gasteiger partial charge in [0.15, 0.2) is 0 Å². The van der Waals surface area contributed by atoms with Gasteiger partial charge in [-0.3, -0.25) is 14.8 Å². The summed E-state index contributed by atoms with van der Waals surface area (Å²) in [7, 11) is 0. The van der Waals surface area contributed by atoms with Crippen LogP contribution in [0.15, 0.2) is 59.1 Å². The molecule has 2 atom stereocenters. The van der Waals surface area contributed by atoms with Crippen LogP contribution in [0.25, 0.3) is 0 Å². The number of ketones is 1. The van der Waals surface area contributed by atoms with Crippen LogP contribution in [0.3, 0.4) is 0 Å². The molecule has 2 unspecified atom stereocenters. The summed E-state index contributed by atoms with van der Waals surface area (Å²) in [6, 6.07) is 9.50. The number of aliphatic imine (C=N–C) groups is 1. The van der Waals surface area contributed by atoms with E-state index < -0.39 is 0 Å². The number of rotatable bonds is 4. The first-order chi connectivity index (χ1) is 13.8. The molecule has 0 saturated heterocycles. The van der Waals surface area contributed by atoms with Crippen LogP contribution in [-0.4, -0.2) is 36.2 Å². The maximum absolute atomic E-state index is 12.8. The Hall–Kier alpha value is -2.87. The summed E-state index contributed by atoms with van der Waals surface area (Å²) < 4.78 is 1.80. The number of carbonyl (C=O) groups is 1. The first-order valence-electron chi connectivity index (χ1n) is 9.29. The fourth-order valence-corrected chi connectivity index (χ4v) is 4.56. The third-order valence-electron chi connectivity index (χ3n) is 5.08. The fourth-order valence-electron chi connectivity index (χ4n) is 3.82. The lowest BCUT2D eigenvalue weighted by atomic mass is 9.78. The molecular weight excluding hydrogens is 372 g/mol. The minimum absolute atomic E-state index is 0.225. The molecule has 1 saturated carbocycles. The van der Waals surface area contributed by atoms with Crippen molar-refractivity contribution in [3.05, 3.63) is 60.2 Å². The summed E-state index contributed by atoms with van der Waals surface area (Å²) in [5, 5.41) is 5.35. The van der Waals surface area contributed by atoms with Gasteiger partial charge < -0.3 is 0 Å². The van der Waals surface area contributed by atoms with Crippen molar-refractivity contribution in [2.75, 3.05) is 0 Å². The molecule has 0 spiro atoms. The summed E-state index contributed by atoms with van der Waals surface area (Å²) >= 11 is 1.52. The smallest absolute Gasteiger partial charge is 0.249 e. The fraction of sp³-hybridized carbons (Fsp3) is 0.300. The van der Waals surface area contributed by atoms with Crippen LogP contribution < -0.4 is 0 Å². The number of pyridine rings is 2. The quantitative estimate of drug-likeness (QED) is 0.635. The van der Waals surface area contributed by atoms with Gasteiger partial charge >= 0.3 is 0 Å². The molecule has 1 aliphatic carbocycles. The molecule has 5 rings (SSSR count). The number of aromatic nitrogens is 5. The van der Waals surface area contributed by atoms with Crippen LogP contribution in [0, 0.1) is 5.92 Å². The number of thioether (sulfide) groups is 1. The number of hydrogen-bond donors (Lipinski definition) is 0. The van der Waals surface area contributed by atoms with Crippen LogP contribution in [0.2, 0.25) is 0 Å². The van der Waals surface area contributed by atoms with Crippen molar-refractivity contribution in [3.63, 3.8) is 0 Å². The molecule has 3 aromatic rings. The van der Waals surface area contributed by atoms with Crippen LogP contribution >= 0.6 is 11.8 Å². The monoisotopic (exact) mass is 390 g/mol. The van der Waals surface area contributed by atoms with Gasteiger partial charge in [0.2, 0.25) is 11.1 Å². The molecule has 4 heterocycles. The average molecular weight is 390 g/mol. The first-order valence-corrected chi connectivity index (χ1v) is 10.3. The first kappa shape index (κ1) is 17.2. The molecule has 0 aromatic carbocycles. The van der Waals surface area contributed by atoms with E-state index in [2.05, 4.69) is 15.0 Å². The molecule has 0 radical (unpaired) electrons. The van der Waals surface area contributed by atoms with E-state index in [-0.39, 0.29) is 17.7 Å². The van der Waals surface area contributed by atoms with Crippen LogP contribution in [0.4, 0.5) is 5.95 Å². The second kappa shape index (κ2) is 7.27. The highest BCUT2D eigenvalue weighted by Gasteiger charge is 2.42. The van der Waals surface area contributed by atoms with Crippen molar-refractivity contribution in [2.24, 2.45) is 10.9 Å². The highest BCUT2D eigenvalue weighted by atomic mass is 32.2. The van der Waals surface area contributed by atoms with E-state index in [4.69, 9.17) is 10.1 Å². The molecule has 0 bridgehead atoms. The van der Waals surface area contributed by atoms with E-state index in [1.165, 1.54) is 11.8 Å². The van der Waals surface area contributed by atoms with Gasteiger partial charge in [-0.15, -0.1) is 5.10 Å².